The maximum Gasteiger partial charge on any atom is 0.165 e. The van der Waals surface area contributed by atoms with Gasteiger partial charge in [0.2, 0.25) is 0 Å². The van der Waals surface area contributed by atoms with Crippen molar-refractivity contribution in [1.29, 1.82) is 0 Å². The number of aryl methyl sites for hydroxylation is 2. The second-order valence-electron chi connectivity index (χ2n) is 4.37. The van der Waals surface area contributed by atoms with Crippen molar-refractivity contribution in [3.8, 4) is 11.4 Å². The van der Waals surface area contributed by atoms with Gasteiger partial charge in [-0.3, -0.25) is 4.68 Å². The maximum absolute atomic E-state index is 4.68. The summed E-state index contributed by atoms with van der Waals surface area (Å²) in [6, 6.07) is 0. The standard InChI is InChI=1S/C12H15N5S/c1-7-8(4-17(3)16-7)12-14-10-6-18-5-9(10)11(13-2)15-12/h4H,5-6H2,1-3H3,(H,13,14,15). The first-order valence-corrected chi connectivity index (χ1v) is 7.00. The molecular weight excluding hydrogens is 246 g/mol. The van der Waals surface area contributed by atoms with Gasteiger partial charge in [0.15, 0.2) is 5.82 Å². The van der Waals surface area contributed by atoms with Crippen LogP contribution in [0.5, 0.6) is 0 Å². The summed E-state index contributed by atoms with van der Waals surface area (Å²) >= 11 is 1.88. The molecule has 0 saturated carbocycles. The van der Waals surface area contributed by atoms with Crippen LogP contribution in [0.4, 0.5) is 5.82 Å². The normalized spacial score (nSPS) is 13.7. The van der Waals surface area contributed by atoms with Gasteiger partial charge in [-0.2, -0.15) is 16.9 Å². The zero-order valence-corrected chi connectivity index (χ0v) is 11.5. The van der Waals surface area contributed by atoms with Crippen LogP contribution in [0.2, 0.25) is 0 Å². The molecule has 1 N–H and O–H groups in total. The van der Waals surface area contributed by atoms with Crippen molar-refractivity contribution >= 4 is 17.6 Å². The summed E-state index contributed by atoms with van der Waals surface area (Å²) in [6.45, 7) is 1.99. The van der Waals surface area contributed by atoms with Crippen LogP contribution < -0.4 is 5.32 Å². The fourth-order valence-corrected chi connectivity index (χ4v) is 3.24. The number of hydrogen-bond acceptors (Lipinski definition) is 5. The van der Waals surface area contributed by atoms with Crippen LogP contribution in [-0.2, 0) is 18.6 Å². The van der Waals surface area contributed by atoms with Crippen LogP contribution in [-0.4, -0.2) is 26.8 Å². The van der Waals surface area contributed by atoms with E-state index >= 15 is 0 Å². The average molecular weight is 261 g/mol. The van der Waals surface area contributed by atoms with Gasteiger partial charge in [0.05, 0.1) is 17.0 Å². The summed E-state index contributed by atoms with van der Waals surface area (Å²) in [5.41, 5.74) is 4.37. The Hall–Kier alpha value is -1.56. The van der Waals surface area contributed by atoms with Gasteiger partial charge in [-0.15, -0.1) is 0 Å². The third kappa shape index (κ3) is 1.77. The van der Waals surface area contributed by atoms with Crippen molar-refractivity contribution in [3.05, 3.63) is 23.1 Å². The van der Waals surface area contributed by atoms with E-state index in [9.17, 15) is 0 Å². The van der Waals surface area contributed by atoms with E-state index in [1.54, 1.807) is 4.68 Å². The van der Waals surface area contributed by atoms with Gasteiger partial charge in [-0.05, 0) is 6.92 Å². The average Bonchev–Trinajstić information content (AvgIpc) is 2.93. The minimum absolute atomic E-state index is 0.770. The number of hydrogen-bond donors (Lipinski definition) is 1. The summed E-state index contributed by atoms with van der Waals surface area (Å²) < 4.78 is 1.80. The molecule has 0 bridgehead atoms. The lowest BCUT2D eigenvalue weighted by atomic mass is 10.2. The molecule has 0 saturated heterocycles. The molecule has 18 heavy (non-hydrogen) atoms. The fourth-order valence-electron chi connectivity index (χ4n) is 2.20. The molecule has 1 aliphatic rings. The highest BCUT2D eigenvalue weighted by Crippen LogP contribution is 2.34. The van der Waals surface area contributed by atoms with Crippen molar-refractivity contribution in [2.45, 2.75) is 18.4 Å². The van der Waals surface area contributed by atoms with Gasteiger partial charge in [-0.25, -0.2) is 9.97 Å². The SMILES string of the molecule is CNc1nc(-c2cn(C)nc2C)nc2c1CSC2. The molecule has 2 aromatic heterocycles. The Morgan fingerprint density at radius 2 is 2.17 bits per heavy atom. The number of nitrogens with one attached hydrogen (secondary N) is 1. The Balaban J connectivity index is 2.16. The van der Waals surface area contributed by atoms with Gasteiger partial charge in [0.1, 0.15) is 5.82 Å². The van der Waals surface area contributed by atoms with Gasteiger partial charge < -0.3 is 5.32 Å². The van der Waals surface area contributed by atoms with Crippen LogP contribution in [0.15, 0.2) is 6.20 Å². The van der Waals surface area contributed by atoms with E-state index in [1.165, 1.54) is 5.56 Å². The molecule has 94 valence electrons. The summed E-state index contributed by atoms with van der Waals surface area (Å²) in [5.74, 6) is 3.69. The van der Waals surface area contributed by atoms with E-state index in [1.807, 2.05) is 39.0 Å². The van der Waals surface area contributed by atoms with Gasteiger partial charge in [-0.1, -0.05) is 0 Å². The van der Waals surface area contributed by atoms with E-state index in [-0.39, 0.29) is 0 Å². The molecule has 1 aliphatic heterocycles. The van der Waals surface area contributed by atoms with Crippen molar-refractivity contribution in [1.82, 2.24) is 19.7 Å². The van der Waals surface area contributed by atoms with E-state index in [4.69, 9.17) is 0 Å². The highest BCUT2D eigenvalue weighted by atomic mass is 32.2. The lowest BCUT2D eigenvalue weighted by Crippen LogP contribution is -2.03. The molecule has 0 fully saturated rings. The highest BCUT2D eigenvalue weighted by Gasteiger charge is 2.20. The predicted molar refractivity (Wildman–Crippen MR) is 73.5 cm³/mol. The molecule has 3 rings (SSSR count). The largest absolute Gasteiger partial charge is 0.373 e. The van der Waals surface area contributed by atoms with Crippen LogP contribution in [0.25, 0.3) is 11.4 Å². The number of anilines is 1. The first-order valence-electron chi connectivity index (χ1n) is 5.85. The summed E-state index contributed by atoms with van der Waals surface area (Å²) in [7, 11) is 3.82. The predicted octanol–water partition coefficient (Wildman–Crippen LogP) is 1.97. The second-order valence-corrected chi connectivity index (χ2v) is 5.35. The van der Waals surface area contributed by atoms with Gasteiger partial charge in [0.25, 0.3) is 0 Å². The molecule has 0 aromatic carbocycles. The smallest absolute Gasteiger partial charge is 0.165 e. The number of nitrogens with zero attached hydrogens (tertiary/aromatic N) is 4. The van der Waals surface area contributed by atoms with E-state index in [0.29, 0.717) is 0 Å². The van der Waals surface area contributed by atoms with Crippen molar-refractivity contribution in [2.75, 3.05) is 12.4 Å². The first-order chi connectivity index (χ1) is 8.69. The van der Waals surface area contributed by atoms with Gasteiger partial charge in [0, 0.05) is 37.4 Å². The van der Waals surface area contributed by atoms with Crippen molar-refractivity contribution in [3.63, 3.8) is 0 Å². The van der Waals surface area contributed by atoms with Crippen LogP contribution in [0.3, 0.4) is 0 Å². The van der Waals surface area contributed by atoms with Crippen LogP contribution >= 0.6 is 11.8 Å². The summed E-state index contributed by atoms with van der Waals surface area (Å²) in [5, 5.41) is 7.52. The molecule has 5 nitrogen and oxygen atoms in total. The third-order valence-corrected chi connectivity index (χ3v) is 4.04. The number of thioether (sulfide) groups is 1. The Morgan fingerprint density at radius 1 is 1.33 bits per heavy atom. The summed E-state index contributed by atoms with van der Waals surface area (Å²) in [4.78, 5) is 9.30. The molecule has 6 heteroatoms. The second kappa shape index (κ2) is 4.28. The van der Waals surface area contributed by atoms with Crippen LogP contribution in [0.1, 0.15) is 17.0 Å². The van der Waals surface area contributed by atoms with Crippen LogP contribution in [0, 0.1) is 6.92 Å². The van der Waals surface area contributed by atoms with E-state index in [2.05, 4.69) is 20.4 Å². The number of aromatic nitrogens is 4. The Kier molecular flexibility index (Phi) is 2.74. The molecule has 2 aromatic rings. The zero-order valence-electron chi connectivity index (χ0n) is 10.7. The molecule has 0 unspecified atom stereocenters. The molecule has 0 aliphatic carbocycles. The maximum atomic E-state index is 4.68. The Bertz CT molecular complexity index is 605. The topological polar surface area (TPSA) is 55.6 Å². The lowest BCUT2D eigenvalue weighted by Gasteiger charge is -2.08. The van der Waals surface area contributed by atoms with E-state index in [0.717, 1.165) is 40.1 Å². The minimum Gasteiger partial charge on any atom is -0.373 e. The molecule has 0 spiro atoms. The first kappa shape index (κ1) is 11.5. The van der Waals surface area contributed by atoms with E-state index < -0.39 is 0 Å². The van der Waals surface area contributed by atoms with Gasteiger partial charge >= 0.3 is 0 Å². The molecule has 3 heterocycles. The summed E-state index contributed by atoms with van der Waals surface area (Å²) in [6.07, 6.45) is 1.97. The quantitative estimate of drug-likeness (QED) is 0.895. The third-order valence-electron chi connectivity index (χ3n) is 3.07. The Morgan fingerprint density at radius 3 is 2.83 bits per heavy atom. The fraction of sp³-hybridized carbons (Fsp3) is 0.417. The highest BCUT2D eigenvalue weighted by molar-refractivity contribution is 7.98. The molecule has 0 radical (unpaired) electrons. The number of rotatable bonds is 2. The van der Waals surface area contributed by atoms with Crippen molar-refractivity contribution in [2.24, 2.45) is 7.05 Å². The lowest BCUT2D eigenvalue weighted by molar-refractivity contribution is 0.756. The molecule has 0 atom stereocenters. The zero-order chi connectivity index (χ0) is 12.7. The molecular formula is C12H15N5S. The monoisotopic (exact) mass is 261 g/mol. The number of fused-ring (bicyclic) bond motifs is 1. The Labute approximate surface area is 110 Å². The molecule has 0 amide bonds. The minimum atomic E-state index is 0.770. The van der Waals surface area contributed by atoms with Crippen molar-refractivity contribution < 1.29 is 0 Å².